The third-order valence-electron chi connectivity index (χ3n) is 4.59. The second-order valence-electron chi connectivity index (χ2n) is 5.83. The summed E-state index contributed by atoms with van der Waals surface area (Å²) in [7, 11) is 0. The molecule has 3 rings (SSSR count). The van der Waals surface area contributed by atoms with E-state index in [0.717, 1.165) is 19.4 Å². The van der Waals surface area contributed by atoms with Crippen molar-refractivity contribution in [1.82, 2.24) is 14.9 Å². The SMILES string of the molecule is O=C(c1cnc(Cl)cn1)N1CCCC1C1CCCCC1. The number of aromatic nitrogens is 2. The first-order valence-electron chi connectivity index (χ1n) is 7.54. The second-order valence-corrected chi connectivity index (χ2v) is 6.22. The third kappa shape index (κ3) is 2.80. The van der Waals surface area contributed by atoms with E-state index in [0.29, 0.717) is 22.8 Å². The predicted molar refractivity (Wildman–Crippen MR) is 77.7 cm³/mol. The zero-order valence-corrected chi connectivity index (χ0v) is 12.4. The van der Waals surface area contributed by atoms with Crippen LogP contribution in [0.4, 0.5) is 0 Å². The van der Waals surface area contributed by atoms with Crippen LogP contribution >= 0.6 is 11.6 Å². The van der Waals surface area contributed by atoms with Crippen molar-refractivity contribution in [2.45, 2.75) is 51.0 Å². The highest BCUT2D eigenvalue weighted by molar-refractivity contribution is 6.29. The molecule has 0 spiro atoms. The van der Waals surface area contributed by atoms with Crippen molar-refractivity contribution in [3.63, 3.8) is 0 Å². The molecule has 0 bridgehead atoms. The minimum absolute atomic E-state index is 0.0160. The molecule has 1 aliphatic heterocycles. The molecule has 0 radical (unpaired) electrons. The Hall–Kier alpha value is -1.16. The van der Waals surface area contributed by atoms with E-state index in [9.17, 15) is 4.79 Å². The largest absolute Gasteiger partial charge is 0.334 e. The molecular weight excluding hydrogens is 274 g/mol. The van der Waals surface area contributed by atoms with Gasteiger partial charge in [0.05, 0.1) is 12.4 Å². The standard InChI is InChI=1S/C15H20ClN3O/c16-14-10-17-12(9-18-14)15(20)19-8-4-7-13(19)11-5-2-1-3-6-11/h9-11,13H,1-8H2. The number of likely N-dealkylation sites (tertiary alicyclic amines) is 1. The van der Waals surface area contributed by atoms with E-state index >= 15 is 0 Å². The lowest BCUT2D eigenvalue weighted by Crippen LogP contribution is -2.41. The maximum atomic E-state index is 12.6. The molecule has 1 aromatic heterocycles. The minimum Gasteiger partial charge on any atom is -0.334 e. The zero-order chi connectivity index (χ0) is 13.9. The van der Waals surface area contributed by atoms with Gasteiger partial charge in [0, 0.05) is 12.6 Å². The molecule has 1 saturated carbocycles. The van der Waals surface area contributed by atoms with Gasteiger partial charge in [-0.1, -0.05) is 30.9 Å². The molecule has 1 saturated heterocycles. The van der Waals surface area contributed by atoms with Crippen molar-refractivity contribution in [3.8, 4) is 0 Å². The van der Waals surface area contributed by atoms with Crippen LogP contribution in [0.25, 0.3) is 0 Å². The number of carbonyl (C=O) groups is 1. The summed E-state index contributed by atoms with van der Waals surface area (Å²) >= 11 is 5.73. The van der Waals surface area contributed by atoms with Crippen molar-refractivity contribution in [2.24, 2.45) is 5.92 Å². The Bertz CT molecular complexity index is 471. The molecule has 20 heavy (non-hydrogen) atoms. The summed E-state index contributed by atoms with van der Waals surface area (Å²) in [5.41, 5.74) is 0.414. The summed E-state index contributed by atoms with van der Waals surface area (Å²) < 4.78 is 0. The average Bonchev–Trinajstić information content (AvgIpc) is 2.97. The molecule has 1 aliphatic carbocycles. The van der Waals surface area contributed by atoms with Crippen LogP contribution in [0.5, 0.6) is 0 Å². The molecule has 2 aliphatic rings. The van der Waals surface area contributed by atoms with Crippen LogP contribution in [-0.4, -0.2) is 33.4 Å². The molecule has 1 atom stereocenters. The van der Waals surface area contributed by atoms with Gasteiger partial charge in [-0.3, -0.25) is 4.79 Å². The van der Waals surface area contributed by atoms with Crippen molar-refractivity contribution >= 4 is 17.5 Å². The van der Waals surface area contributed by atoms with Gasteiger partial charge in [-0.2, -0.15) is 0 Å². The van der Waals surface area contributed by atoms with Gasteiger partial charge >= 0.3 is 0 Å². The van der Waals surface area contributed by atoms with Crippen LogP contribution in [0.15, 0.2) is 12.4 Å². The van der Waals surface area contributed by atoms with E-state index < -0.39 is 0 Å². The Balaban J connectivity index is 1.74. The van der Waals surface area contributed by atoms with Gasteiger partial charge in [-0.25, -0.2) is 9.97 Å². The minimum atomic E-state index is 0.0160. The van der Waals surface area contributed by atoms with Crippen molar-refractivity contribution in [1.29, 1.82) is 0 Å². The lowest BCUT2D eigenvalue weighted by Gasteiger charge is -2.33. The highest BCUT2D eigenvalue weighted by atomic mass is 35.5. The van der Waals surface area contributed by atoms with Gasteiger partial charge in [0.15, 0.2) is 0 Å². The Morgan fingerprint density at radius 2 is 1.90 bits per heavy atom. The third-order valence-corrected chi connectivity index (χ3v) is 4.79. The summed E-state index contributed by atoms with van der Waals surface area (Å²) in [6.45, 7) is 0.851. The summed E-state index contributed by atoms with van der Waals surface area (Å²) in [5, 5.41) is 0.326. The maximum Gasteiger partial charge on any atom is 0.274 e. The molecular formula is C15H20ClN3O. The Labute approximate surface area is 124 Å². The van der Waals surface area contributed by atoms with Gasteiger partial charge in [-0.05, 0) is 31.6 Å². The normalized spacial score (nSPS) is 24.1. The van der Waals surface area contributed by atoms with E-state index in [2.05, 4.69) is 9.97 Å². The van der Waals surface area contributed by atoms with Crippen LogP contribution in [0.3, 0.4) is 0 Å². The summed E-state index contributed by atoms with van der Waals surface area (Å²) in [4.78, 5) is 22.7. The van der Waals surface area contributed by atoms with E-state index in [4.69, 9.17) is 11.6 Å². The van der Waals surface area contributed by atoms with E-state index in [1.165, 1.54) is 44.5 Å². The van der Waals surface area contributed by atoms with Gasteiger partial charge < -0.3 is 4.90 Å². The molecule has 2 fully saturated rings. The fourth-order valence-electron chi connectivity index (χ4n) is 3.62. The molecule has 0 aromatic carbocycles. The van der Waals surface area contributed by atoms with Crippen LogP contribution in [0.1, 0.15) is 55.4 Å². The molecule has 0 N–H and O–H groups in total. The lowest BCUT2D eigenvalue weighted by molar-refractivity contribution is 0.0655. The number of hydrogen-bond donors (Lipinski definition) is 0. The fourth-order valence-corrected chi connectivity index (χ4v) is 3.72. The van der Waals surface area contributed by atoms with Crippen molar-refractivity contribution in [3.05, 3.63) is 23.2 Å². The number of carbonyl (C=O) groups excluding carboxylic acids is 1. The highest BCUT2D eigenvalue weighted by Crippen LogP contribution is 2.34. The highest BCUT2D eigenvalue weighted by Gasteiger charge is 2.35. The summed E-state index contributed by atoms with van der Waals surface area (Å²) in [6, 6.07) is 0.403. The number of nitrogens with zero attached hydrogens (tertiary/aromatic N) is 3. The number of halogens is 1. The number of hydrogen-bond acceptors (Lipinski definition) is 3. The van der Waals surface area contributed by atoms with Crippen molar-refractivity contribution in [2.75, 3.05) is 6.54 Å². The Morgan fingerprint density at radius 1 is 1.10 bits per heavy atom. The topological polar surface area (TPSA) is 46.1 Å². The Morgan fingerprint density at radius 3 is 2.60 bits per heavy atom. The van der Waals surface area contributed by atoms with Gasteiger partial charge in [0.2, 0.25) is 0 Å². The first-order chi connectivity index (χ1) is 9.75. The summed E-state index contributed by atoms with van der Waals surface area (Å²) in [6.07, 6.45) is 11.7. The van der Waals surface area contributed by atoms with E-state index in [1.807, 2.05) is 4.90 Å². The van der Waals surface area contributed by atoms with E-state index in [1.54, 1.807) is 0 Å². The lowest BCUT2D eigenvalue weighted by atomic mass is 9.83. The molecule has 1 aromatic rings. The smallest absolute Gasteiger partial charge is 0.274 e. The first-order valence-corrected chi connectivity index (χ1v) is 7.92. The van der Waals surface area contributed by atoms with Crippen LogP contribution < -0.4 is 0 Å². The molecule has 1 amide bonds. The average molecular weight is 294 g/mol. The second kappa shape index (κ2) is 6.08. The predicted octanol–water partition coefficient (Wildman–Crippen LogP) is 3.31. The quantitative estimate of drug-likeness (QED) is 0.840. The fraction of sp³-hybridized carbons (Fsp3) is 0.667. The first kappa shape index (κ1) is 13.8. The zero-order valence-electron chi connectivity index (χ0n) is 11.6. The molecule has 108 valence electrons. The molecule has 5 heteroatoms. The van der Waals surface area contributed by atoms with Crippen LogP contribution in [-0.2, 0) is 0 Å². The Kier molecular flexibility index (Phi) is 4.20. The number of amides is 1. The van der Waals surface area contributed by atoms with Crippen LogP contribution in [0, 0.1) is 5.92 Å². The molecule has 2 heterocycles. The summed E-state index contributed by atoms with van der Waals surface area (Å²) in [5.74, 6) is 0.692. The van der Waals surface area contributed by atoms with E-state index in [-0.39, 0.29) is 5.91 Å². The number of rotatable bonds is 2. The van der Waals surface area contributed by atoms with Gasteiger partial charge in [0.25, 0.3) is 5.91 Å². The van der Waals surface area contributed by atoms with Crippen molar-refractivity contribution < 1.29 is 4.79 Å². The maximum absolute atomic E-state index is 12.6. The monoisotopic (exact) mass is 293 g/mol. The molecule has 4 nitrogen and oxygen atoms in total. The van der Waals surface area contributed by atoms with Gasteiger partial charge in [0.1, 0.15) is 10.8 Å². The van der Waals surface area contributed by atoms with Gasteiger partial charge in [-0.15, -0.1) is 0 Å². The van der Waals surface area contributed by atoms with Crippen LogP contribution in [0.2, 0.25) is 5.15 Å². The molecule has 1 unspecified atom stereocenters.